The van der Waals surface area contributed by atoms with Crippen LogP contribution in [0.4, 0.5) is 5.82 Å². The Morgan fingerprint density at radius 2 is 2.33 bits per heavy atom. The number of rotatable bonds is 1. The molecule has 1 aromatic rings. The van der Waals surface area contributed by atoms with E-state index in [0.717, 1.165) is 22.5 Å². The molecule has 0 amide bonds. The summed E-state index contributed by atoms with van der Waals surface area (Å²) in [5.74, 6) is 1.06. The minimum Gasteiger partial charge on any atom is -0.354 e. The summed E-state index contributed by atoms with van der Waals surface area (Å²) in [6.07, 6.45) is 3.48. The fourth-order valence-electron chi connectivity index (χ4n) is 1.80. The third-order valence-corrected chi connectivity index (χ3v) is 5.06. The number of hydrogen-bond donors (Lipinski definition) is 0. The van der Waals surface area contributed by atoms with Gasteiger partial charge in [-0.15, -0.1) is 0 Å². The van der Waals surface area contributed by atoms with Crippen LogP contribution in [-0.2, 0) is 0 Å². The van der Waals surface area contributed by atoms with Gasteiger partial charge in [0.05, 0.1) is 3.57 Å². The van der Waals surface area contributed by atoms with Gasteiger partial charge in [-0.2, -0.15) is 0 Å². The molecule has 0 radical (unpaired) electrons. The van der Waals surface area contributed by atoms with Gasteiger partial charge in [0, 0.05) is 24.1 Å². The lowest BCUT2D eigenvalue weighted by Crippen LogP contribution is -2.24. The first-order valence-corrected chi connectivity index (χ1v) is 6.85. The van der Waals surface area contributed by atoms with Crippen molar-refractivity contribution < 1.29 is 0 Å². The fourth-order valence-corrected chi connectivity index (χ4v) is 2.93. The molecule has 1 aliphatic rings. The van der Waals surface area contributed by atoms with Gasteiger partial charge in [0.15, 0.2) is 0 Å². The summed E-state index contributed by atoms with van der Waals surface area (Å²) in [6.45, 7) is 6.61. The van der Waals surface area contributed by atoms with Crippen molar-refractivity contribution in [2.45, 2.75) is 18.7 Å². The minimum absolute atomic E-state index is 0.300. The molecule has 2 heterocycles. The maximum atomic E-state index is 4.35. The molecule has 0 bridgehead atoms. The first-order chi connectivity index (χ1) is 7.00. The van der Waals surface area contributed by atoms with Gasteiger partial charge in [-0.05, 0) is 28.0 Å². The molecule has 15 heavy (non-hydrogen) atoms. The molecule has 3 nitrogen and oxygen atoms in total. The first-order valence-electron chi connectivity index (χ1n) is 4.85. The zero-order valence-corrected chi connectivity index (χ0v) is 12.5. The van der Waals surface area contributed by atoms with Gasteiger partial charge in [0.25, 0.3) is 0 Å². The Bertz CT molecular complexity index is 369. The highest BCUT2D eigenvalue weighted by Crippen LogP contribution is 2.37. The molecule has 1 aliphatic heterocycles. The van der Waals surface area contributed by atoms with E-state index in [0.29, 0.717) is 10.2 Å². The molecule has 0 aromatic carbocycles. The molecule has 1 atom stereocenters. The fraction of sp³-hybridized carbons (Fsp3) is 0.600. The molecule has 1 fully saturated rings. The van der Waals surface area contributed by atoms with Crippen LogP contribution in [0.1, 0.15) is 13.8 Å². The molecule has 5 heteroatoms. The molecule has 1 saturated heterocycles. The molecular formula is C10H13BrIN3. The van der Waals surface area contributed by atoms with Crippen LogP contribution >= 0.6 is 38.5 Å². The van der Waals surface area contributed by atoms with Crippen LogP contribution in [-0.4, -0.2) is 27.9 Å². The average molecular weight is 382 g/mol. The first kappa shape index (κ1) is 11.6. The summed E-state index contributed by atoms with van der Waals surface area (Å²) in [4.78, 5) is 11.2. The van der Waals surface area contributed by atoms with E-state index < -0.39 is 0 Å². The molecule has 2 rings (SSSR count). The Hall–Kier alpha value is 0.0900. The highest BCUT2D eigenvalue weighted by Gasteiger charge is 2.38. The molecule has 0 N–H and O–H groups in total. The summed E-state index contributed by atoms with van der Waals surface area (Å²) >= 11 is 6.02. The van der Waals surface area contributed by atoms with Crippen LogP contribution in [0, 0.1) is 8.99 Å². The van der Waals surface area contributed by atoms with E-state index in [1.165, 1.54) is 0 Å². The predicted octanol–water partition coefficient (Wildman–Crippen LogP) is 2.69. The van der Waals surface area contributed by atoms with Crippen LogP contribution in [0.15, 0.2) is 12.5 Å². The van der Waals surface area contributed by atoms with E-state index in [-0.39, 0.29) is 0 Å². The zero-order chi connectivity index (χ0) is 11.1. The maximum Gasteiger partial charge on any atom is 0.145 e. The number of nitrogens with zero attached hydrogens (tertiary/aromatic N) is 3. The average Bonchev–Trinajstić information content (AvgIpc) is 2.42. The molecule has 1 unspecified atom stereocenters. The highest BCUT2D eigenvalue weighted by atomic mass is 127. The molecular weight excluding hydrogens is 369 g/mol. The molecule has 0 spiro atoms. The summed E-state index contributed by atoms with van der Waals surface area (Å²) in [7, 11) is 0. The van der Waals surface area contributed by atoms with E-state index in [1.54, 1.807) is 6.33 Å². The zero-order valence-electron chi connectivity index (χ0n) is 8.74. The van der Waals surface area contributed by atoms with Crippen molar-refractivity contribution >= 4 is 44.3 Å². The van der Waals surface area contributed by atoms with Crippen LogP contribution in [0.2, 0.25) is 0 Å². The summed E-state index contributed by atoms with van der Waals surface area (Å²) in [6, 6.07) is 0. The number of hydrogen-bond acceptors (Lipinski definition) is 3. The molecule has 0 aliphatic carbocycles. The smallest absolute Gasteiger partial charge is 0.145 e. The van der Waals surface area contributed by atoms with Gasteiger partial charge >= 0.3 is 0 Å². The molecule has 1 aromatic heterocycles. The van der Waals surface area contributed by atoms with Crippen molar-refractivity contribution in [2.75, 3.05) is 18.0 Å². The monoisotopic (exact) mass is 381 g/mol. The molecule has 0 saturated carbocycles. The highest BCUT2D eigenvalue weighted by molar-refractivity contribution is 14.1. The number of aromatic nitrogens is 2. The standard InChI is InChI=1S/C10H13BrIN3/c1-10(2)5-15(4-8(10)11)9-7(12)3-13-6-14-9/h3,6,8H,4-5H2,1-2H3. The van der Waals surface area contributed by atoms with E-state index in [1.807, 2.05) is 6.20 Å². The Morgan fingerprint density at radius 1 is 1.60 bits per heavy atom. The second-order valence-corrected chi connectivity index (χ2v) is 6.80. The van der Waals surface area contributed by atoms with Gasteiger partial charge in [-0.3, -0.25) is 0 Å². The number of anilines is 1. The third-order valence-electron chi connectivity index (χ3n) is 2.77. The van der Waals surface area contributed by atoms with Gasteiger partial charge < -0.3 is 4.90 Å². The Labute approximate surface area is 112 Å². The van der Waals surface area contributed by atoms with E-state index in [2.05, 4.69) is 67.2 Å². The summed E-state index contributed by atoms with van der Waals surface area (Å²) in [5.41, 5.74) is 0.300. The van der Waals surface area contributed by atoms with Crippen LogP contribution in [0.25, 0.3) is 0 Å². The van der Waals surface area contributed by atoms with Crippen molar-refractivity contribution in [1.29, 1.82) is 0 Å². The second kappa shape index (κ2) is 4.16. The third kappa shape index (κ3) is 2.27. The van der Waals surface area contributed by atoms with Gasteiger partial charge in [-0.25, -0.2) is 9.97 Å². The SMILES string of the molecule is CC1(C)CN(c2ncncc2I)CC1Br. The molecule has 82 valence electrons. The Balaban J connectivity index is 2.25. The van der Waals surface area contributed by atoms with Gasteiger partial charge in [0.1, 0.15) is 12.1 Å². The Kier molecular flexibility index (Phi) is 3.21. The second-order valence-electron chi connectivity index (χ2n) is 4.53. The summed E-state index contributed by atoms with van der Waals surface area (Å²) < 4.78 is 1.12. The van der Waals surface area contributed by atoms with E-state index in [4.69, 9.17) is 0 Å². The number of halogens is 2. The van der Waals surface area contributed by atoms with E-state index >= 15 is 0 Å². The van der Waals surface area contributed by atoms with Gasteiger partial charge in [0.2, 0.25) is 0 Å². The van der Waals surface area contributed by atoms with Gasteiger partial charge in [-0.1, -0.05) is 29.8 Å². The lowest BCUT2D eigenvalue weighted by atomic mass is 9.93. The topological polar surface area (TPSA) is 29.0 Å². The maximum absolute atomic E-state index is 4.35. The lowest BCUT2D eigenvalue weighted by Gasteiger charge is -2.21. The van der Waals surface area contributed by atoms with Crippen LogP contribution < -0.4 is 4.90 Å². The van der Waals surface area contributed by atoms with Crippen molar-refractivity contribution in [2.24, 2.45) is 5.41 Å². The number of alkyl halides is 1. The van der Waals surface area contributed by atoms with Crippen molar-refractivity contribution in [3.05, 3.63) is 16.1 Å². The predicted molar refractivity (Wildman–Crippen MR) is 73.5 cm³/mol. The lowest BCUT2D eigenvalue weighted by molar-refractivity contribution is 0.434. The summed E-state index contributed by atoms with van der Waals surface area (Å²) in [5, 5.41) is 0. The van der Waals surface area contributed by atoms with Crippen molar-refractivity contribution in [3.63, 3.8) is 0 Å². The largest absolute Gasteiger partial charge is 0.354 e. The normalized spacial score (nSPS) is 24.5. The van der Waals surface area contributed by atoms with Crippen molar-refractivity contribution in [3.8, 4) is 0 Å². The van der Waals surface area contributed by atoms with Crippen LogP contribution in [0.5, 0.6) is 0 Å². The van der Waals surface area contributed by atoms with E-state index in [9.17, 15) is 0 Å². The quantitative estimate of drug-likeness (QED) is 0.553. The van der Waals surface area contributed by atoms with Crippen LogP contribution in [0.3, 0.4) is 0 Å². The minimum atomic E-state index is 0.300. The van der Waals surface area contributed by atoms with Crippen molar-refractivity contribution in [1.82, 2.24) is 9.97 Å². The Morgan fingerprint density at radius 3 is 2.87 bits per heavy atom.